The zero-order valence-corrected chi connectivity index (χ0v) is 10.7. The molecule has 0 amide bonds. The highest BCUT2D eigenvalue weighted by Gasteiger charge is 2.53. The van der Waals surface area contributed by atoms with Gasteiger partial charge in [0.1, 0.15) is 5.52 Å². The highest BCUT2D eigenvalue weighted by molar-refractivity contribution is 5.69. The van der Waals surface area contributed by atoms with Crippen LogP contribution in [0.4, 0.5) is 5.82 Å². The zero-order chi connectivity index (χ0) is 12.4. The quantitative estimate of drug-likeness (QED) is 0.866. The van der Waals surface area contributed by atoms with Gasteiger partial charge in [-0.2, -0.15) is 5.10 Å². The predicted molar refractivity (Wildman–Crippen MR) is 72.2 cm³/mol. The van der Waals surface area contributed by atoms with E-state index in [1.807, 2.05) is 16.9 Å². The van der Waals surface area contributed by atoms with Gasteiger partial charge in [0.25, 0.3) is 0 Å². The number of nitrogens with one attached hydrogen (secondary N) is 2. The van der Waals surface area contributed by atoms with Crippen LogP contribution in [0, 0.1) is 11.8 Å². The van der Waals surface area contributed by atoms with Crippen LogP contribution in [0.2, 0.25) is 0 Å². The lowest BCUT2D eigenvalue weighted by atomic mass is 10.3. The molecule has 1 saturated heterocycles. The van der Waals surface area contributed by atoms with Gasteiger partial charge in [0.15, 0.2) is 5.82 Å². The second-order valence-corrected chi connectivity index (χ2v) is 6.11. The lowest BCUT2D eigenvalue weighted by molar-refractivity contribution is 0.695. The van der Waals surface area contributed by atoms with E-state index in [1.54, 1.807) is 0 Å². The molecule has 3 fully saturated rings. The molecule has 0 aromatic carbocycles. The molecule has 1 unspecified atom stereocenters. The molecule has 0 spiro atoms. The van der Waals surface area contributed by atoms with Gasteiger partial charge in [-0.25, -0.2) is 9.50 Å². The van der Waals surface area contributed by atoms with Crippen molar-refractivity contribution in [3.63, 3.8) is 0 Å². The minimum absolute atomic E-state index is 0.610. The van der Waals surface area contributed by atoms with Crippen LogP contribution in [0.25, 0.3) is 5.52 Å². The summed E-state index contributed by atoms with van der Waals surface area (Å²) in [6.45, 7) is 2.30. The zero-order valence-electron chi connectivity index (χ0n) is 10.7. The maximum Gasteiger partial charge on any atom is 0.152 e. The maximum absolute atomic E-state index is 4.66. The lowest BCUT2D eigenvalue weighted by Crippen LogP contribution is -2.22. The summed E-state index contributed by atoms with van der Waals surface area (Å²) in [6, 6.07) is 2.82. The summed E-state index contributed by atoms with van der Waals surface area (Å²) >= 11 is 0. The summed E-state index contributed by atoms with van der Waals surface area (Å²) in [5.41, 5.74) is 2.36. The Hall–Kier alpha value is -1.62. The molecule has 3 heterocycles. The predicted octanol–water partition coefficient (Wildman–Crippen LogP) is 1.24. The summed E-state index contributed by atoms with van der Waals surface area (Å²) in [5, 5.41) is 11.7. The monoisotopic (exact) mass is 255 g/mol. The summed E-state index contributed by atoms with van der Waals surface area (Å²) in [7, 11) is 0. The van der Waals surface area contributed by atoms with Crippen LogP contribution in [-0.2, 0) is 0 Å². The molecule has 2 aromatic rings. The van der Waals surface area contributed by atoms with Crippen LogP contribution in [-0.4, -0.2) is 33.7 Å². The average Bonchev–Trinajstić information content (AvgIpc) is 3.27. The van der Waals surface area contributed by atoms with E-state index in [-0.39, 0.29) is 0 Å². The Labute approximate surface area is 111 Å². The third-order valence-electron chi connectivity index (χ3n) is 4.80. The summed E-state index contributed by atoms with van der Waals surface area (Å²) in [6.07, 6.45) is 6.37. The summed E-state index contributed by atoms with van der Waals surface area (Å²) in [5.74, 6) is 3.29. The van der Waals surface area contributed by atoms with E-state index in [0.717, 1.165) is 36.3 Å². The fraction of sp³-hybridized carbons (Fsp3) is 0.571. The Morgan fingerprint density at radius 3 is 2.89 bits per heavy atom. The molecule has 1 aliphatic heterocycles. The van der Waals surface area contributed by atoms with E-state index in [1.165, 1.54) is 18.5 Å². The molecule has 2 aliphatic carbocycles. The van der Waals surface area contributed by atoms with E-state index in [9.17, 15) is 0 Å². The minimum Gasteiger partial charge on any atom is -0.365 e. The fourth-order valence-electron chi connectivity index (χ4n) is 3.42. The third-order valence-corrected chi connectivity index (χ3v) is 4.80. The molecule has 2 aromatic heterocycles. The first-order valence-corrected chi connectivity index (χ1v) is 7.22. The van der Waals surface area contributed by atoms with Crippen LogP contribution in [0.15, 0.2) is 18.5 Å². The minimum atomic E-state index is 0.610. The normalized spacial score (nSPS) is 32.5. The molecule has 0 radical (unpaired) electrons. The van der Waals surface area contributed by atoms with Crippen molar-refractivity contribution in [2.75, 3.05) is 18.4 Å². The molecule has 5 nitrogen and oxygen atoms in total. The number of fused-ring (bicyclic) bond motifs is 2. The Morgan fingerprint density at radius 2 is 2.11 bits per heavy atom. The number of rotatable bonds is 3. The van der Waals surface area contributed by atoms with E-state index < -0.39 is 0 Å². The highest BCUT2D eigenvalue weighted by atomic mass is 15.3. The van der Waals surface area contributed by atoms with E-state index >= 15 is 0 Å². The van der Waals surface area contributed by atoms with Crippen LogP contribution >= 0.6 is 0 Å². The van der Waals surface area contributed by atoms with Crippen LogP contribution in [0.5, 0.6) is 0 Å². The number of hydrogen-bond donors (Lipinski definition) is 2. The number of aromatic nitrogens is 3. The second kappa shape index (κ2) is 3.48. The van der Waals surface area contributed by atoms with Crippen LogP contribution in [0.1, 0.15) is 24.5 Å². The molecule has 5 rings (SSSR count). The van der Waals surface area contributed by atoms with Gasteiger partial charge in [0.05, 0.1) is 5.69 Å². The number of piperidine rings is 1. The van der Waals surface area contributed by atoms with E-state index in [4.69, 9.17) is 0 Å². The first kappa shape index (κ1) is 10.2. The molecule has 19 heavy (non-hydrogen) atoms. The summed E-state index contributed by atoms with van der Waals surface area (Å²) < 4.78 is 1.97. The van der Waals surface area contributed by atoms with Gasteiger partial charge < -0.3 is 10.6 Å². The van der Waals surface area contributed by atoms with Crippen LogP contribution in [0.3, 0.4) is 0 Å². The smallest absolute Gasteiger partial charge is 0.152 e. The average molecular weight is 255 g/mol. The van der Waals surface area contributed by atoms with Crippen LogP contribution < -0.4 is 10.6 Å². The van der Waals surface area contributed by atoms with Crippen molar-refractivity contribution in [3.8, 4) is 0 Å². The molecular weight excluding hydrogens is 238 g/mol. The van der Waals surface area contributed by atoms with Gasteiger partial charge in [0.2, 0.25) is 0 Å². The topological polar surface area (TPSA) is 54.2 Å². The van der Waals surface area contributed by atoms with Crippen molar-refractivity contribution < 1.29 is 0 Å². The fourth-order valence-corrected chi connectivity index (χ4v) is 3.42. The lowest BCUT2D eigenvalue weighted by Gasteiger charge is -2.08. The maximum atomic E-state index is 4.66. The van der Waals surface area contributed by atoms with Gasteiger partial charge in [-0.3, -0.25) is 0 Å². The standard InChI is InChI=1S/C14H17N5/c1-2-8(1)11-5-12-14(16-3-4-19(12)18-11)17-13-9-6-15-7-10(9)13/h3-5,8-10,13,15H,1-2,6-7H2,(H,16,17)/t9-,10+,13?. The van der Waals surface area contributed by atoms with Crippen molar-refractivity contribution in [3.05, 3.63) is 24.2 Å². The molecule has 3 atom stereocenters. The van der Waals surface area contributed by atoms with Gasteiger partial charge in [-0.05, 0) is 30.7 Å². The first-order valence-electron chi connectivity index (χ1n) is 7.22. The Morgan fingerprint density at radius 1 is 1.26 bits per heavy atom. The van der Waals surface area contributed by atoms with Gasteiger partial charge in [-0.1, -0.05) is 0 Å². The first-order chi connectivity index (χ1) is 9.40. The van der Waals surface area contributed by atoms with Crippen molar-refractivity contribution in [1.82, 2.24) is 19.9 Å². The van der Waals surface area contributed by atoms with E-state index in [2.05, 4.69) is 26.8 Å². The van der Waals surface area contributed by atoms with Crippen molar-refractivity contribution >= 4 is 11.3 Å². The third kappa shape index (κ3) is 1.51. The molecule has 0 bridgehead atoms. The SMILES string of the molecule is c1cn2nc(C3CC3)cc2c(NC2[C@H]3CNC[C@@H]23)n1. The van der Waals surface area contributed by atoms with Gasteiger partial charge >= 0.3 is 0 Å². The highest BCUT2D eigenvalue weighted by Crippen LogP contribution is 2.44. The molecule has 2 saturated carbocycles. The largest absolute Gasteiger partial charge is 0.365 e. The molecule has 2 N–H and O–H groups in total. The Kier molecular flexibility index (Phi) is 1.87. The van der Waals surface area contributed by atoms with Crippen molar-refractivity contribution in [1.29, 1.82) is 0 Å². The Balaban J connectivity index is 1.49. The van der Waals surface area contributed by atoms with Crippen molar-refractivity contribution in [2.45, 2.75) is 24.8 Å². The summed E-state index contributed by atoms with van der Waals surface area (Å²) in [4.78, 5) is 4.52. The molecule has 5 heteroatoms. The number of hydrogen-bond acceptors (Lipinski definition) is 4. The molecular formula is C14H17N5. The van der Waals surface area contributed by atoms with Crippen molar-refractivity contribution in [2.24, 2.45) is 11.8 Å². The van der Waals surface area contributed by atoms with E-state index in [0.29, 0.717) is 12.0 Å². The molecule has 98 valence electrons. The second-order valence-electron chi connectivity index (χ2n) is 6.11. The van der Waals surface area contributed by atoms with Gasteiger partial charge in [-0.15, -0.1) is 0 Å². The number of nitrogens with zero attached hydrogens (tertiary/aromatic N) is 3. The number of anilines is 1. The Bertz CT molecular complexity index is 634. The molecule has 3 aliphatic rings. The van der Waals surface area contributed by atoms with Gasteiger partial charge in [0, 0.05) is 37.4 Å².